The molecular formula is C105H141F6N9O21. The highest BCUT2D eigenvalue weighted by atomic mass is 19.4. The van der Waals surface area contributed by atoms with E-state index in [1.807, 2.05) is 83.1 Å². The molecule has 6 bridgehead atoms. The van der Waals surface area contributed by atoms with Crippen LogP contribution in [0.25, 0.3) is 33.1 Å². The molecule has 3 aliphatic carbocycles. The molecule has 3 amide bonds. The van der Waals surface area contributed by atoms with Gasteiger partial charge in [0.1, 0.15) is 100 Å². The van der Waals surface area contributed by atoms with Crippen LogP contribution in [0.15, 0.2) is 54.6 Å². The minimum absolute atomic E-state index is 0.0107. The second kappa shape index (κ2) is 43.8. The summed E-state index contributed by atoms with van der Waals surface area (Å²) in [5.74, 6) is -6.72. The van der Waals surface area contributed by atoms with Crippen LogP contribution < -0.4 is 23.7 Å². The number of carbonyl (C=O) groups excluding carboxylic acids is 8. The van der Waals surface area contributed by atoms with Gasteiger partial charge in [0.2, 0.25) is 35.4 Å². The number of benzene rings is 3. The van der Waals surface area contributed by atoms with Gasteiger partial charge in [-0.15, -0.1) is 0 Å². The first-order valence-electron chi connectivity index (χ1n) is 50.3. The lowest BCUT2D eigenvalue weighted by molar-refractivity contribution is -0.167. The van der Waals surface area contributed by atoms with Crippen molar-refractivity contribution in [2.75, 3.05) is 32.8 Å². The van der Waals surface area contributed by atoms with Crippen LogP contribution in [0.3, 0.4) is 0 Å². The minimum Gasteiger partial charge on any atom is -0.508 e. The maximum atomic E-state index is 14.5. The fourth-order valence-corrected chi connectivity index (χ4v) is 20.3. The van der Waals surface area contributed by atoms with Crippen LogP contribution in [0.5, 0.6) is 34.9 Å². The number of aromatic nitrogens is 6. The lowest BCUT2D eigenvalue weighted by atomic mass is 9.77. The number of hydrogen-bond acceptors (Lipinski definition) is 26. The van der Waals surface area contributed by atoms with Gasteiger partial charge in [-0.05, 0) is 208 Å². The number of aryl methyl sites for hydroxylation is 3. The van der Waals surface area contributed by atoms with E-state index in [1.165, 1.54) is 34.1 Å². The smallest absolute Gasteiger partial charge is 0.422 e. The molecular weight excluding hydrogens is 1840 g/mol. The summed E-state index contributed by atoms with van der Waals surface area (Å²) < 4.78 is 136. The number of carboxylic acids is 1. The summed E-state index contributed by atoms with van der Waals surface area (Å²) in [7, 11) is 0. The number of phenolic OH excluding ortho intramolecular Hbond substituents is 1. The maximum absolute atomic E-state index is 14.5. The van der Waals surface area contributed by atoms with Gasteiger partial charge in [-0.2, -0.15) is 26.3 Å². The number of ether oxygens (including phenoxy) is 10. The zero-order valence-electron chi connectivity index (χ0n) is 84.5. The van der Waals surface area contributed by atoms with Gasteiger partial charge in [0.15, 0.2) is 13.2 Å². The van der Waals surface area contributed by atoms with Crippen LogP contribution in [-0.2, 0) is 86.1 Å². The lowest BCUT2D eigenvalue weighted by Crippen LogP contribution is -2.50. The number of phenols is 1. The molecule has 36 heteroatoms. The minimum atomic E-state index is -4.51. The number of carboxylic acid groups (broad SMARTS) is 1. The number of aromatic hydroxyl groups is 1. The van der Waals surface area contributed by atoms with Crippen LogP contribution in [0.1, 0.15) is 277 Å². The molecule has 6 fully saturated rings. The molecule has 0 spiro atoms. The Morgan fingerprint density at radius 1 is 0.383 bits per heavy atom. The van der Waals surface area contributed by atoms with Crippen LogP contribution >= 0.6 is 0 Å². The van der Waals surface area contributed by atoms with Crippen molar-refractivity contribution in [2.45, 2.75) is 357 Å². The van der Waals surface area contributed by atoms with E-state index in [1.54, 1.807) is 76.8 Å². The number of halogens is 6. The monoisotopic (exact) mass is 1980 g/mol. The Morgan fingerprint density at radius 3 is 0.972 bits per heavy atom. The van der Waals surface area contributed by atoms with Crippen molar-refractivity contribution in [1.82, 2.24) is 44.6 Å². The van der Waals surface area contributed by atoms with Gasteiger partial charge in [0, 0.05) is 36.0 Å². The molecule has 18 atom stereocenters. The van der Waals surface area contributed by atoms with E-state index in [0.29, 0.717) is 95.0 Å². The molecule has 141 heavy (non-hydrogen) atoms. The second-order valence-corrected chi connectivity index (χ2v) is 44.8. The van der Waals surface area contributed by atoms with Gasteiger partial charge in [-0.25, -0.2) is 44.3 Å². The Morgan fingerprint density at radius 2 is 0.681 bits per heavy atom. The van der Waals surface area contributed by atoms with E-state index in [-0.39, 0.29) is 127 Å². The maximum Gasteiger partial charge on any atom is 0.422 e. The van der Waals surface area contributed by atoms with Gasteiger partial charge in [-0.3, -0.25) is 28.8 Å². The predicted octanol–water partition coefficient (Wildman–Crippen LogP) is 18.5. The van der Waals surface area contributed by atoms with E-state index in [2.05, 4.69) is 4.98 Å². The highest BCUT2D eigenvalue weighted by Crippen LogP contribution is 2.48. The number of carbonyl (C=O) groups is 9. The zero-order valence-corrected chi connectivity index (χ0v) is 84.5. The van der Waals surface area contributed by atoms with Crippen molar-refractivity contribution >= 4 is 86.6 Å². The van der Waals surface area contributed by atoms with Crippen molar-refractivity contribution in [3.63, 3.8) is 0 Å². The van der Waals surface area contributed by atoms with Gasteiger partial charge in [0.25, 0.3) is 0 Å². The van der Waals surface area contributed by atoms with Crippen molar-refractivity contribution in [3.8, 4) is 34.9 Å². The predicted molar refractivity (Wildman–Crippen MR) is 507 cm³/mol. The number of alkyl halides is 6. The molecule has 30 nitrogen and oxygen atoms in total. The third-order valence-electron chi connectivity index (χ3n) is 28.2. The van der Waals surface area contributed by atoms with Gasteiger partial charge in [-0.1, -0.05) is 122 Å². The number of hydrogen-bond donors (Lipinski definition) is 2. The Bertz CT molecular complexity index is 5510. The van der Waals surface area contributed by atoms with Gasteiger partial charge >= 0.3 is 48.2 Å². The topological polar surface area (TPSA) is 373 Å². The SMILES string of the molecule is CC[C@@H]1[C@@H]2CN(C(=O)[C@H](C(C)(C)C)CC(=O)O[C@@H]3C[C@H]3CCCCCc3nc4ccc(O)cc4nc3O2)[C@@H]1C(=O)OC(C)(C)C.CC[C@@H]1[C@@H]2CN(C(=O)[C@H](C(C)(C)C)CC(=O)O[C@@H]3C[C@H]3CCCCCc3nc4ccc(OCC(F)(F)F)cc4nc3O2)[C@@H]1C(=O)O.CC[C@@H]1[C@@H]2CN(C(=O)[C@H](C(C)(C)C)CC(=O)O[C@@H]3C[C@H]3CCCCCc3nc4ccc(OCC(F)(F)F)cc4nc3O2)[C@@H]1C(=O)OC(C)(C)C. The van der Waals surface area contributed by atoms with Crippen LogP contribution in [0, 0.1) is 69.5 Å². The summed E-state index contributed by atoms with van der Waals surface area (Å²) in [6.07, 6.45) is 4.59. The van der Waals surface area contributed by atoms with Crippen LogP contribution in [-0.4, -0.2) is 220 Å². The van der Waals surface area contributed by atoms with Crippen LogP contribution in [0.2, 0.25) is 0 Å². The van der Waals surface area contributed by atoms with E-state index in [4.69, 9.17) is 72.3 Å². The summed E-state index contributed by atoms with van der Waals surface area (Å²) in [6.45, 7) is 30.6. The summed E-state index contributed by atoms with van der Waals surface area (Å²) in [5.41, 5.74) is 1.05. The Hall–Kier alpha value is -10.7. The second-order valence-electron chi connectivity index (χ2n) is 44.8. The molecule has 9 aliphatic rings. The number of esters is 5. The first kappa shape index (κ1) is 108. The lowest BCUT2D eigenvalue weighted by Gasteiger charge is -2.35. The molecule has 2 N–H and O–H groups in total. The summed E-state index contributed by atoms with van der Waals surface area (Å²) in [4.78, 5) is 156. The van der Waals surface area contributed by atoms with E-state index < -0.39 is 155 Å². The third kappa shape index (κ3) is 28.3. The number of amides is 3. The summed E-state index contributed by atoms with van der Waals surface area (Å²) in [5, 5.41) is 20.5. The molecule has 3 saturated carbocycles. The van der Waals surface area contributed by atoms with Crippen molar-refractivity contribution in [3.05, 3.63) is 71.7 Å². The average Bonchev–Trinajstić information content (AvgIpc) is 1.63. The molecule has 9 heterocycles. The van der Waals surface area contributed by atoms with E-state index in [0.717, 1.165) is 96.3 Å². The Balaban J connectivity index is 0.000000178. The summed E-state index contributed by atoms with van der Waals surface area (Å²) >= 11 is 0. The standard InChI is InChI=1S/C37H50F3N3O7.C35H49N3O7.C33H42F3N3O7/c1-8-23-29-19-43(31(23)34(46)50-36(5,6)7)33(45)24(35(2,3)4)18-30(44)48-28-16-21(28)12-10-9-11-13-26-32(49-29)42-27-17-22(14-15-25(27)41-26)47-20-37(38,39)40;1-8-22-28-19-38(30(22)33(42)45-35(5,6)7)32(41)23(34(2,3)4)18-29(40)43-27-16-20(27)12-10-9-11-13-25-31(44-28)37-26-17-21(39)14-15-24(26)36-25;1-5-20-26-16-39(28(20)31(42)43)30(41)21(32(2,3)4)15-27(40)45-25-13-18(25)9-7-6-8-10-23-29(46-26)38-24-14-19(11-12-22(24)37-23)44-17-33(34,35)36/h14-15,17,21,23-24,28-29,31H,8-13,16,18-20H2,1-7H3;14-15,17,20,22-23,27-28,30,39H,8-13,16,18-19H2,1-7H3;11-12,14,18,20-21,25-26,28H,5-10,13,15-17H2,1-4H3,(H,42,43)/t21-,23-,24-,28-,29+,31+;20-,22-,23-,27-,28+,30+;18-,20-,21-,25-,26+,28+/m111/s1. The number of aliphatic carboxylic acids is 1. The Kier molecular flexibility index (Phi) is 33.5. The molecule has 6 aliphatic heterocycles. The van der Waals surface area contributed by atoms with Crippen molar-refractivity contribution < 1.29 is 127 Å². The fraction of sp³-hybridized carbons (Fsp3) is 0.686. The highest BCUT2D eigenvalue weighted by Gasteiger charge is 2.58. The molecule has 3 aromatic heterocycles. The zero-order chi connectivity index (χ0) is 103. The quantitative estimate of drug-likeness (QED) is 0.0730. The summed E-state index contributed by atoms with van der Waals surface area (Å²) in [6, 6.07) is 10.5. The normalized spacial score (nSPS) is 27.7. The molecule has 0 radical (unpaired) electrons. The third-order valence-corrected chi connectivity index (χ3v) is 28.2. The number of fused-ring (bicyclic) bond motifs is 15. The van der Waals surface area contributed by atoms with Gasteiger partial charge in [0.05, 0.1) is 89.8 Å². The largest absolute Gasteiger partial charge is 0.508 e. The van der Waals surface area contributed by atoms with Crippen molar-refractivity contribution in [2.24, 2.45) is 69.5 Å². The molecule has 3 saturated heterocycles. The number of rotatable bonds is 10. The first-order valence-corrected chi connectivity index (χ1v) is 50.3. The molecule has 0 unspecified atom stereocenters. The average molecular weight is 1980 g/mol. The Labute approximate surface area is 820 Å². The molecule has 3 aromatic carbocycles. The number of nitrogens with zero attached hydrogens (tertiary/aromatic N) is 9. The fourth-order valence-electron chi connectivity index (χ4n) is 20.3. The molecule has 774 valence electrons. The molecule has 6 aromatic rings. The van der Waals surface area contributed by atoms with Gasteiger partial charge < -0.3 is 72.3 Å². The highest BCUT2D eigenvalue weighted by molar-refractivity contribution is 5.92. The van der Waals surface area contributed by atoms with E-state index in [9.17, 15) is 79.7 Å². The van der Waals surface area contributed by atoms with E-state index >= 15 is 0 Å². The van der Waals surface area contributed by atoms with Crippen LogP contribution in [0.4, 0.5) is 26.3 Å². The molecule has 15 rings (SSSR count). The van der Waals surface area contributed by atoms with Crippen molar-refractivity contribution in [1.29, 1.82) is 0 Å². The first-order chi connectivity index (χ1) is 66.1.